The Kier molecular flexibility index (Phi) is 10.3. The molecule has 1 atom stereocenters. The Balaban J connectivity index is 0.00000289. The summed E-state index contributed by atoms with van der Waals surface area (Å²) >= 11 is 0. The van der Waals surface area contributed by atoms with Crippen molar-refractivity contribution in [3.05, 3.63) is 0 Å². The molecule has 0 aromatic heterocycles. The highest BCUT2D eigenvalue weighted by atomic mass is 35.5. The van der Waals surface area contributed by atoms with E-state index in [4.69, 9.17) is 9.47 Å². The highest BCUT2D eigenvalue weighted by Gasteiger charge is 2.24. The van der Waals surface area contributed by atoms with Gasteiger partial charge in [-0.3, -0.25) is 4.79 Å². The van der Waals surface area contributed by atoms with Crippen LogP contribution in [0.15, 0.2) is 0 Å². The number of likely N-dealkylation sites (N-methyl/N-ethyl adjacent to an activating group) is 1. The van der Waals surface area contributed by atoms with E-state index in [1.54, 1.807) is 12.0 Å². The number of hydrogen-bond acceptors (Lipinski definition) is 4. The number of amides is 1. The first-order chi connectivity index (χ1) is 8.25. The van der Waals surface area contributed by atoms with Gasteiger partial charge < -0.3 is 19.7 Å². The zero-order valence-electron chi connectivity index (χ0n) is 11.3. The number of rotatable bonds is 8. The minimum absolute atomic E-state index is 0. The van der Waals surface area contributed by atoms with Gasteiger partial charge in [-0.2, -0.15) is 0 Å². The van der Waals surface area contributed by atoms with E-state index in [1.165, 1.54) is 0 Å². The molecule has 0 bridgehead atoms. The van der Waals surface area contributed by atoms with E-state index in [-0.39, 0.29) is 24.4 Å². The van der Waals surface area contributed by atoms with Crippen LogP contribution in [0.4, 0.5) is 0 Å². The lowest BCUT2D eigenvalue weighted by Gasteiger charge is -2.21. The van der Waals surface area contributed by atoms with Crippen LogP contribution < -0.4 is 5.32 Å². The maximum atomic E-state index is 11.9. The molecule has 1 rings (SSSR count). The summed E-state index contributed by atoms with van der Waals surface area (Å²) in [7, 11) is 3.52. The van der Waals surface area contributed by atoms with Crippen molar-refractivity contribution < 1.29 is 14.3 Å². The van der Waals surface area contributed by atoms with Crippen LogP contribution in [0.5, 0.6) is 0 Å². The second-order valence-electron chi connectivity index (χ2n) is 4.37. The number of nitrogens with one attached hydrogen (secondary N) is 1. The molecule has 1 amide bonds. The Bertz CT molecular complexity index is 223. The summed E-state index contributed by atoms with van der Waals surface area (Å²) in [5.74, 6) is 0.183. The van der Waals surface area contributed by atoms with E-state index in [0.29, 0.717) is 19.8 Å². The van der Waals surface area contributed by atoms with Crippen molar-refractivity contribution in [2.45, 2.75) is 25.3 Å². The molecular formula is C12H25ClN2O3. The number of carbonyl (C=O) groups excluding carboxylic acids is 1. The first kappa shape index (κ1) is 17.6. The van der Waals surface area contributed by atoms with Crippen molar-refractivity contribution in [1.82, 2.24) is 10.2 Å². The molecule has 1 aliphatic rings. The zero-order valence-corrected chi connectivity index (χ0v) is 12.1. The number of carbonyl (C=O) groups is 1. The predicted molar refractivity (Wildman–Crippen MR) is 73.2 cm³/mol. The molecule has 5 nitrogen and oxygen atoms in total. The molecule has 0 aromatic rings. The summed E-state index contributed by atoms with van der Waals surface area (Å²) in [5, 5.41) is 3.21. The van der Waals surface area contributed by atoms with Crippen molar-refractivity contribution in [1.29, 1.82) is 0 Å². The highest BCUT2D eigenvalue weighted by Crippen LogP contribution is 2.07. The Hall–Kier alpha value is -0.360. The average Bonchev–Trinajstić information content (AvgIpc) is 2.86. The average molecular weight is 281 g/mol. The third-order valence-electron chi connectivity index (χ3n) is 2.94. The van der Waals surface area contributed by atoms with Crippen LogP contribution in [0.25, 0.3) is 0 Å². The molecule has 1 N–H and O–H groups in total. The molecule has 0 radical (unpaired) electrons. The topological polar surface area (TPSA) is 50.8 Å². The summed E-state index contributed by atoms with van der Waals surface area (Å²) in [4.78, 5) is 13.6. The van der Waals surface area contributed by atoms with Crippen LogP contribution in [0.3, 0.4) is 0 Å². The lowest BCUT2D eigenvalue weighted by Crippen LogP contribution is -2.42. The number of ether oxygens (including phenoxy) is 2. The summed E-state index contributed by atoms with van der Waals surface area (Å²) in [6.45, 7) is 3.62. The number of nitrogens with zero attached hydrogens (tertiary/aromatic N) is 1. The van der Waals surface area contributed by atoms with Gasteiger partial charge in [-0.05, 0) is 25.8 Å². The highest BCUT2D eigenvalue weighted by molar-refractivity contribution is 5.85. The van der Waals surface area contributed by atoms with Gasteiger partial charge in [-0.1, -0.05) is 0 Å². The fourth-order valence-corrected chi connectivity index (χ4v) is 1.88. The van der Waals surface area contributed by atoms with Gasteiger partial charge in [0.05, 0.1) is 12.6 Å². The van der Waals surface area contributed by atoms with E-state index in [2.05, 4.69) is 5.32 Å². The first-order valence-electron chi connectivity index (χ1n) is 6.30. The van der Waals surface area contributed by atoms with Crippen molar-refractivity contribution in [2.75, 3.05) is 47.1 Å². The van der Waals surface area contributed by atoms with Crippen molar-refractivity contribution in [3.63, 3.8) is 0 Å². The molecule has 1 fully saturated rings. The molecule has 1 unspecified atom stereocenters. The van der Waals surface area contributed by atoms with Crippen LogP contribution in [-0.2, 0) is 14.3 Å². The molecule has 0 aliphatic carbocycles. The van der Waals surface area contributed by atoms with Crippen LogP contribution in [0.1, 0.15) is 19.3 Å². The normalized spacial score (nSPS) is 18.4. The second kappa shape index (κ2) is 10.6. The third kappa shape index (κ3) is 6.54. The van der Waals surface area contributed by atoms with Crippen LogP contribution in [-0.4, -0.2) is 63.9 Å². The largest absolute Gasteiger partial charge is 0.385 e. The van der Waals surface area contributed by atoms with Crippen molar-refractivity contribution in [3.8, 4) is 0 Å². The maximum absolute atomic E-state index is 11.9. The van der Waals surface area contributed by atoms with Crippen LogP contribution in [0, 0.1) is 0 Å². The van der Waals surface area contributed by atoms with Gasteiger partial charge >= 0.3 is 0 Å². The summed E-state index contributed by atoms with van der Waals surface area (Å²) < 4.78 is 10.3. The molecule has 108 valence electrons. The summed E-state index contributed by atoms with van der Waals surface area (Å²) in [6, 6.07) is 0.0218. The smallest absolute Gasteiger partial charge is 0.239 e. The van der Waals surface area contributed by atoms with Gasteiger partial charge in [0.2, 0.25) is 5.91 Å². The number of methoxy groups -OCH3 is 1. The summed E-state index contributed by atoms with van der Waals surface area (Å²) in [5.41, 5.74) is 0. The summed E-state index contributed by atoms with van der Waals surface area (Å²) in [6.07, 6.45) is 2.95. The monoisotopic (exact) mass is 280 g/mol. The quantitative estimate of drug-likeness (QED) is 0.664. The Morgan fingerprint density at radius 2 is 2.17 bits per heavy atom. The Morgan fingerprint density at radius 1 is 1.39 bits per heavy atom. The lowest BCUT2D eigenvalue weighted by molar-refractivity contribution is -0.132. The van der Waals surface area contributed by atoms with Gasteiger partial charge in [-0.15, -0.1) is 12.4 Å². The van der Waals surface area contributed by atoms with Crippen molar-refractivity contribution >= 4 is 18.3 Å². The molecule has 0 spiro atoms. The molecule has 0 aromatic carbocycles. The molecular weight excluding hydrogens is 256 g/mol. The third-order valence-corrected chi connectivity index (χ3v) is 2.94. The van der Waals surface area contributed by atoms with Gasteiger partial charge in [0, 0.05) is 33.9 Å². The maximum Gasteiger partial charge on any atom is 0.239 e. The van der Waals surface area contributed by atoms with E-state index in [9.17, 15) is 4.79 Å². The minimum atomic E-state index is 0. The van der Waals surface area contributed by atoms with Gasteiger partial charge in [0.15, 0.2) is 0 Å². The SMILES string of the molecule is COCCCOCCN(C)C(=O)C1CCCN1.Cl. The van der Waals surface area contributed by atoms with Crippen molar-refractivity contribution in [2.24, 2.45) is 0 Å². The molecule has 18 heavy (non-hydrogen) atoms. The lowest BCUT2D eigenvalue weighted by atomic mass is 10.2. The van der Waals surface area contributed by atoms with Gasteiger partial charge in [0.1, 0.15) is 0 Å². The van der Waals surface area contributed by atoms with E-state index >= 15 is 0 Å². The van der Waals surface area contributed by atoms with Gasteiger partial charge in [0.25, 0.3) is 0 Å². The predicted octanol–water partition coefficient (Wildman–Crippen LogP) is 0.672. The molecule has 1 saturated heterocycles. The number of halogens is 1. The molecule has 1 heterocycles. The fourth-order valence-electron chi connectivity index (χ4n) is 1.88. The fraction of sp³-hybridized carbons (Fsp3) is 0.917. The zero-order chi connectivity index (χ0) is 12.5. The molecule has 0 saturated carbocycles. The van der Waals surface area contributed by atoms with Crippen LogP contribution in [0.2, 0.25) is 0 Å². The minimum Gasteiger partial charge on any atom is -0.385 e. The number of hydrogen-bond donors (Lipinski definition) is 1. The molecule has 6 heteroatoms. The van der Waals surface area contributed by atoms with Crippen LogP contribution >= 0.6 is 12.4 Å². The Labute approximate surface area is 116 Å². The van der Waals surface area contributed by atoms with E-state index < -0.39 is 0 Å². The standard InChI is InChI=1S/C12H24N2O3.ClH/c1-14(7-10-17-9-4-8-16-2)12(15)11-5-3-6-13-11;/h11,13H,3-10H2,1-2H3;1H. The van der Waals surface area contributed by atoms with E-state index in [1.807, 2.05) is 7.05 Å². The van der Waals surface area contributed by atoms with E-state index in [0.717, 1.165) is 32.4 Å². The molecule has 1 aliphatic heterocycles. The Morgan fingerprint density at radius 3 is 2.78 bits per heavy atom. The van der Waals surface area contributed by atoms with Gasteiger partial charge in [-0.25, -0.2) is 0 Å². The second-order valence-corrected chi connectivity index (χ2v) is 4.37. The first-order valence-corrected chi connectivity index (χ1v) is 6.30.